The van der Waals surface area contributed by atoms with Gasteiger partial charge in [0.2, 0.25) is 0 Å². The molecule has 0 aromatic rings. The third-order valence-corrected chi connectivity index (χ3v) is 2.70. The summed E-state index contributed by atoms with van der Waals surface area (Å²) in [6.07, 6.45) is 0. The van der Waals surface area contributed by atoms with Crippen molar-refractivity contribution < 1.29 is 0 Å². The van der Waals surface area contributed by atoms with Crippen LogP contribution >= 0.6 is 21.5 Å². The SMILES string of the molecule is S=[SH]SS.[SnH2]. The van der Waals surface area contributed by atoms with Crippen molar-refractivity contribution in [2.45, 2.75) is 0 Å². The summed E-state index contributed by atoms with van der Waals surface area (Å²) < 4.78 is 0. The number of hydrogen-bond donors (Lipinski definition) is 2. The van der Waals surface area contributed by atoms with Crippen molar-refractivity contribution in [1.82, 2.24) is 0 Å². The molecule has 0 aliphatic carbocycles. The second kappa shape index (κ2) is 9.42. The Labute approximate surface area is 65.3 Å². The van der Waals surface area contributed by atoms with Crippen LogP contribution in [0.1, 0.15) is 0 Å². The van der Waals surface area contributed by atoms with Crippen molar-refractivity contribution in [3.63, 3.8) is 0 Å². The standard InChI is InChI=1S/H2S4.Sn.2H/c1-3-4-2;;;/h1,4H;;;. The molecule has 0 rings (SSSR count). The van der Waals surface area contributed by atoms with E-state index in [0.717, 1.165) is 9.35 Å². The Balaban J connectivity index is 0. The van der Waals surface area contributed by atoms with Gasteiger partial charge < -0.3 is 0 Å². The van der Waals surface area contributed by atoms with Gasteiger partial charge in [0.15, 0.2) is 0 Å². The van der Waals surface area contributed by atoms with Crippen LogP contribution in [-0.2, 0) is 20.5 Å². The average Bonchev–Trinajstić information content (AvgIpc) is 1.37. The van der Waals surface area contributed by atoms with Crippen LogP contribution in [0.3, 0.4) is 0 Å². The molecule has 0 saturated heterocycles. The molecular formula is H4S4Sn. The van der Waals surface area contributed by atoms with Gasteiger partial charge in [-0.1, -0.05) is 21.0 Å². The fourth-order valence-electron chi connectivity index (χ4n) is 0. The quantitative estimate of drug-likeness (QED) is 0.377. The van der Waals surface area contributed by atoms with Gasteiger partial charge in [0, 0.05) is 0 Å². The second-order valence-electron chi connectivity index (χ2n) is 0.156. The Morgan fingerprint density at radius 2 is 2.00 bits per heavy atom. The first-order chi connectivity index (χ1) is 1.91. The Hall–Kier alpha value is 2.07. The van der Waals surface area contributed by atoms with Crippen molar-refractivity contribution >= 4 is 65.9 Å². The normalized spacial score (nSPS) is 5.80. The molecule has 0 heterocycles. The summed E-state index contributed by atoms with van der Waals surface area (Å²) in [6.45, 7) is 0. The van der Waals surface area contributed by atoms with Crippen molar-refractivity contribution in [1.29, 1.82) is 0 Å². The van der Waals surface area contributed by atoms with E-state index in [4.69, 9.17) is 0 Å². The molecular weight excluding hydrogens is 247 g/mol. The van der Waals surface area contributed by atoms with Crippen molar-refractivity contribution in [3.05, 3.63) is 0 Å². The van der Waals surface area contributed by atoms with Gasteiger partial charge in [-0.15, -0.1) is 0 Å². The van der Waals surface area contributed by atoms with E-state index < -0.39 is 0 Å². The summed E-state index contributed by atoms with van der Waals surface area (Å²) in [4.78, 5) is 0. The van der Waals surface area contributed by atoms with Gasteiger partial charge in [-0.05, 0) is 21.0 Å². The molecule has 0 bridgehead atoms. The third kappa shape index (κ3) is 10.7. The van der Waals surface area contributed by atoms with Crippen molar-refractivity contribution in [2.75, 3.05) is 0 Å². The van der Waals surface area contributed by atoms with Crippen molar-refractivity contribution in [3.8, 4) is 0 Å². The molecule has 0 nitrogen and oxygen atoms in total. The zero-order valence-corrected chi connectivity index (χ0v) is 9.88. The van der Waals surface area contributed by atoms with Crippen LogP contribution in [0, 0.1) is 0 Å². The molecule has 32 valence electrons. The number of thiol groups is 2. The number of rotatable bonds is 1. The summed E-state index contributed by atoms with van der Waals surface area (Å²) in [6, 6.07) is 0. The third-order valence-electron chi connectivity index (χ3n) is 0.0333. The van der Waals surface area contributed by atoms with Crippen molar-refractivity contribution in [2.24, 2.45) is 0 Å². The summed E-state index contributed by atoms with van der Waals surface area (Å²) >= 11 is 8.13. The van der Waals surface area contributed by atoms with Gasteiger partial charge in [-0.25, -0.2) is 0 Å². The van der Waals surface area contributed by atoms with E-state index >= 15 is 0 Å². The Bertz CT molecular complexity index is 17.6. The monoisotopic (exact) mass is 252 g/mol. The average molecular weight is 251 g/mol. The maximum absolute atomic E-state index is 4.41. The molecule has 0 aliphatic rings. The first-order valence-electron chi connectivity index (χ1n) is 0.548. The van der Waals surface area contributed by atoms with Gasteiger partial charge in [0.1, 0.15) is 0 Å². The Morgan fingerprint density at radius 1 is 1.80 bits per heavy atom. The summed E-state index contributed by atoms with van der Waals surface area (Å²) in [5.74, 6) is 0. The molecule has 0 aliphatic heterocycles. The van der Waals surface area contributed by atoms with E-state index in [9.17, 15) is 0 Å². The summed E-state index contributed by atoms with van der Waals surface area (Å²) in [7, 11) is 2.20. The van der Waals surface area contributed by atoms with Gasteiger partial charge in [-0.3, -0.25) is 0 Å². The topological polar surface area (TPSA) is 0 Å². The van der Waals surface area contributed by atoms with Gasteiger partial charge in [0.05, 0.1) is 0 Å². The molecule has 0 atom stereocenters. The minimum atomic E-state index is 0. The van der Waals surface area contributed by atoms with E-state index in [1.54, 1.807) is 0 Å². The van der Waals surface area contributed by atoms with Crippen LogP contribution in [0.4, 0.5) is 0 Å². The van der Waals surface area contributed by atoms with Crippen LogP contribution in [0.2, 0.25) is 0 Å². The maximum atomic E-state index is 4.41. The van der Waals surface area contributed by atoms with Crippen LogP contribution in [0.5, 0.6) is 0 Å². The molecule has 0 aromatic heterocycles. The van der Waals surface area contributed by atoms with Gasteiger partial charge in [0.25, 0.3) is 0 Å². The van der Waals surface area contributed by atoms with E-state index in [2.05, 4.69) is 22.8 Å². The van der Waals surface area contributed by atoms with E-state index in [1.807, 2.05) is 0 Å². The number of hydrogen-bond acceptors (Lipinski definition) is 3. The molecule has 0 aromatic carbocycles. The first kappa shape index (κ1) is 10.1. The minimum absolute atomic E-state index is 0. The molecule has 5 heavy (non-hydrogen) atoms. The molecule has 0 N–H and O–H groups in total. The van der Waals surface area contributed by atoms with E-state index in [0.29, 0.717) is 0 Å². The zero-order chi connectivity index (χ0) is 3.41. The van der Waals surface area contributed by atoms with Gasteiger partial charge in [-0.2, -0.15) is 0 Å². The molecule has 0 unspecified atom stereocenters. The second-order valence-corrected chi connectivity index (χ2v) is 4.22. The molecule has 0 saturated carbocycles. The fourth-order valence-corrected chi connectivity index (χ4v) is 0. The van der Waals surface area contributed by atoms with Crippen LogP contribution < -0.4 is 0 Å². The predicted octanol–water partition coefficient (Wildman–Crippen LogP) is -0.160. The summed E-state index contributed by atoms with van der Waals surface area (Å²) in [5, 5.41) is 0. The molecule has 0 spiro atoms. The van der Waals surface area contributed by atoms with E-state index in [1.165, 1.54) is 9.83 Å². The van der Waals surface area contributed by atoms with Gasteiger partial charge >= 0.3 is 23.9 Å². The molecule has 5 heteroatoms. The Kier molecular flexibility index (Phi) is 19.1. The molecule has 0 amide bonds. The summed E-state index contributed by atoms with van der Waals surface area (Å²) in [5.41, 5.74) is 0. The van der Waals surface area contributed by atoms with E-state index in [-0.39, 0.29) is 23.9 Å². The molecule has 2 radical (unpaired) electrons. The van der Waals surface area contributed by atoms with Crippen LogP contribution in [-0.4, -0.2) is 23.9 Å². The first-order valence-corrected chi connectivity index (χ1v) is 4.93. The zero-order valence-electron chi connectivity index (χ0n) is 2.42. The Morgan fingerprint density at radius 3 is 2.00 bits per heavy atom. The van der Waals surface area contributed by atoms with Crippen LogP contribution in [0.25, 0.3) is 0 Å². The fraction of sp³-hybridized carbons (Fsp3) is 0. The van der Waals surface area contributed by atoms with Crippen LogP contribution in [0.15, 0.2) is 0 Å². The molecule has 0 fully saturated rings. The predicted molar refractivity (Wildman–Crippen MR) is 41.2 cm³/mol.